The number of carbonyl (C=O) groups excluding carboxylic acids is 1. The maximum atomic E-state index is 12.0. The van der Waals surface area contributed by atoms with E-state index in [1.165, 1.54) is 13.5 Å². The number of amides is 1. The molecule has 0 bridgehead atoms. The number of carbonyl (C=O) groups is 2. The van der Waals surface area contributed by atoms with Crippen LogP contribution in [0.3, 0.4) is 0 Å². The van der Waals surface area contributed by atoms with Gasteiger partial charge in [-0.2, -0.15) is 0 Å². The van der Waals surface area contributed by atoms with Crippen LogP contribution in [0.1, 0.15) is 40.5 Å². The zero-order valence-corrected chi connectivity index (χ0v) is 14.0. The summed E-state index contributed by atoms with van der Waals surface area (Å²) in [4.78, 5) is 23.3. The van der Waals surface area contributed by atoms with E-state index in [0.29, 0.717) is 5.92 Å². The summed E-state index contributed by atoms with van der Waals surface area (Å²) in [5.74, 6) is 0.531. The molecule has 0 heterocycles. The largest absolute Gasteiger partial charge is 0.481 e. The molecule has 2 N–H and O–H groups in total. The van der Waals surface area contributed by atoms with Crippen molar-refractivity contribution in [3.8, 4) is 0 Å². The molecule has 6 atom stereocenters. The van der Waals surface area contributed by atoms with Crippen LogP contribution in [-0.2, 0) is 14.3 Å². The van der Waals surface area contributed by atoms with Crippen molar-refractivity contribution in [2.75, 3.05) is 7.11 Å². The number of rotatable bonds is 7. The zero-order chi connectivity index (χ0) is 16.7. The minimum atomic E-state index is -0.927. The van der Waals surface area contributed by atoms with Crippen LogP contribution in [0, 0.1) is 23.7 Å². The predicted octanol–water partition coefficient (Wildman–Crippen LogP) is 2.27. The van der Waals surface area contributed by atoms with E-state index in [1.54, 1.807) is 27.7 Å². The Bertz CT molecular complexity index is 436. The second-order valence-corrected chi connectivity index (χ2v) is 7.54. The first-order chi connectivity index (χ1) is 10.1. The predicted molar refractivity (Wildman–Crippen MR) is 80.5 cm³/mol. The average Bonchev–Trinajstić information content (AvgIpc) is 3.24. The summed E-state index contributed by atoms with van der Waals surface area (Å²) in [6.45, 7) is 7.00. The van der Waals surface area contributed by atoms with Crippen LogP contribution in [0.4, 0.5) is 4.79 Å². The summed E-state index contributed by atoms with van der Waals surface area (Å²) in [5, 5.41) is 12.1. The molecule has 126 valence electrons. The minimum Gasteiger partial charge on any atom is -0.481 e. The third-order valence-corrected chi connectivity index (χ3v) is 4.63. The van der Waals surface area contributed by atoms with Gasteiger partial charge in [0, 0.05) is 7.11 Å². The van der Waals surface area contributed by atoms with Crippen molar-refractivity contribution >= 4 is 12.1 Å². The van der Waals surface area contributed by atoms with Gasteiger partial charge >= 0.3 is 12.1 Å². The molecular weight excluding hydrogens is 286 g/mol. The van der Waals surface area contributed by atoms with Crippen molar-refractivity contribution in [1.29, 1.82) is 0 Å². The number of hydrogen-bond donors (Lipinski definition) is 2. The minimum absolute atomic E-state index is 0.344. The molecule has 0 spiro atoms. The van der Waals surface area contributed by atoms with E-state index in [-0.39, 0.29) is 6.04 Å². The lowest BCUT2D eigenvalue weighted by Gasteiger charge is -2.31. The molecule has 0 aromatic rings. The van der Waals surface area contributed by atoms with Gasteiger partial charge in [0.25, 0.3) is 0 Å². The van der Waals surface area contributed by atoms with Crippen molar-refractivity contribution in [3.63, 3.8) is 0 Å². The molecule has 0 aromatic heterocycles. The highest BCUT2D eigenvalue weighted by Gasteiger charge is 2.64. The fraction of sp³-hybridized carbons (Fsp3) is 0.875. The van der Waals surface area contributed by atoms with Gasteiger partial charge < -0.3 is 19.9 Å². The number of ether oxygens (including phenoxy) is 2. The maximum Gasteiger partial charge on any atom is 0.407 e. The highest BCUT2D eigenvalue weighted by Crippen LogP contribution is 2.69. The SMILES string of the molecule is CO[C@@H]([C@H](CC1C2C[C@@H]21)NC(=O)OC(C)(C)C)[C@@H](C)C(=O)O. The second-order valence-electron chi connectivity index (χ2n) is 7.54. The summed E-state index contributed by atoms with van der Waals surface area (Å²) in [6.07, 6.45) is 0.942. The molecule has 2 rings (SSSR count). The van der Waals surface area contributed by atoms with E-state index in [2.05, 4.69) is 5.32 Å². The van der Waals surface area contributed by atoms with Gasteiger partial charge in [0.05, 0.1) is 18.1 Å². The molecule has 0 saturated heterocycles. The van der Waals surface area contributed by atoms with Crippen molar-refractivity contribution in [3.05, 3.63) is 0 Å². The van der Waals surface area contributed by atoms with Gasteiger partial charge in [0.1, 0.15) is 5.60 Å². The smallest absolute Gasteiger partial charge is 0.407 e. The number of alkyl carbamates (subject to hydrolysis) is 1. The molecule has 2 unspecified atom stereocenters. The Kier molecular flexibility index (Phi) is 4.70. The molecule has 2 aliphatic rings. The zero-order valence-electron chi connectivity index (χ0n) is 14.0. The van der Waals surface area contributed by atoms with Gasteiger partial charge in [-0.15, -0.1) is 0 Å². The van der Waals surface area contributed by atoms with Gasteiger partial charge in [0.15, 0.2) is 0 Å². The molecule has 6 nitrogen and oxygen atoms in total. The fourth-order valence-electron chi connectivity index (χ4n) is 3.15. The molecular formula is C16H27NO5. The molecule has 6 heteroatoms. The number of carboxylic acid groups (broad SMARTS) is 1. The Morgan fingerprint density at radius 2 is 1.91 bits per heavy atom. The lowest BCUT2D eigenvalue weighted by molar-refractivity contribution is -0.146. The maximum absolute atomic E-state index is 12.0. The third kappa shape index (κ3) is 4.12. The van der Waals surface area contributed by atoms with E-state index in [1.807, 2.05) is 0 Å². The first kappa shape index (κ1) is 17.1. The standard InChI is InChI=1S/C16H27NO5/c1-8(14(18)19)13(21-5)12(7-11-9-6-10(9)11)17-15(20)22-16(2,3)4/h8-13H,6-7H2,1-5H3,(H,17,20)(H,18,19)/t8-,9+,10?,11?,12+,13-/m1/s1. The molecule has 22 heavy (non-hydrogen) atoms. The molecule has 0 aromatic carbocycles. The monoisotopic (exact) mass is 313 g/mol. The lowest BCUT2D eigenvalue weighted by atomic mass is 9.91. The van der Waals surface area contributed by atoms with Crippen LogP contribution < -0.4 is 5.32 Å². The highest BCUT2D eigenvalue weighted by molar-refractivity contribution is 5.71. The molecule has 2 fully saturated rings. The van der Waals surface area contributed by atoms with Crippen LogP contribution in [0.5, 0.6) is 0 Å². The Morgan fingerprint density at radius 3 is 2.27 bits per heavy atom. The third-order valence-electron chi connectivity index (χ3n) is 4.63. The number of hydrogen-bond acceptors (Lipinski definition) is 4. The van der Waals surface area contributed by atoms with E-state index < -0.39 is 29.7 Å². The Morgan fingerprint density at radius 1 is 1.32 bits per heavy atom. The molecule has 0 aliphatic heterocycles. The van der Waals surface area contributed by atoms with Crippen LogP contribution in [0.15, 0.2) is 0 Å². The van der Waals surface area contributed by atoms with Gasteiger partial charge in [-0.25, -0.2) is 4.79 Å². The molecule has 2 aliphatic carbocycles. The Labute approximate surface area is 131 Å². The number of aliphatic carboxylic acids is 1. The average molecular weight is 313 g/mol. The summed E-state index contributed by atoms with van der Waals surface area (Å²) < 4.78 is 10.7. The van der Waals surface area contributed by atoms with Crippen molar-refractivity contribution < 1.29 is 24.2 Å². The van der Waals surface area contributed by atoms with Crippen LogP contribution >= 0.6 is 0 Å². The van der Waals surface area contributed by atoms with E-state index in [9.17, 15) is 14.7 Å². The Balaban J connectivity index is 2.00. The topological polar surface area (TPSA) is 84.9 Å². The number of nitrogens with one attached hydrogen (secondary N) is 1. The summed E-state index contributed by atoms with van der Waals surface area (Å²) in [6, 6.07) is -0.344. The fourth-order valence-corrected chi connectivity index (χ4v) is 3.15. The van der Waals surface area contributed by atoms with Gasteiger partial charge in [0.2, 0.25) is 0 Å². The highest BCUT2D eigenvalue weighted by atomic mass is 16.6. The van der Waals surface area contributed by atoms with Gasteiger partial charge in [-0.1, -0.05) is 0 Å². The number of methoxy groups -OCH3 is 1. The van der Waals surface area contributed by atoms with Crippen LogP contribution in [-0.4, -0.2) is 42.0 Å². The molecule has 2 saturated carbocycles. The van der Waals surface area contributed by atoms with E-state index in [0.717, 1.165) is 18.3 Å². The normalized spacial score (nSPS) is 29.8. The summed E-state index contributed by atoms with van der Waals surface area (Å²) >= 11 is 0. The van der Waals surface area contributed by atoms with Crippen molar-refractivity contribution in [2.45, 2.75) is 58.3 Å². The summed E-state index contributed by atoms with van der Waals surface area (Å²) in [7, 11) is 1.49. The Hall–Kier alpha value is -1.30. The first-order valence-electron chi connectivity index (χ1n) is 7.89. The van der Waals surface area contributed by atoms with Crippen LogP contribution in [0.25, 0.3) is 0 Å². The van der Waals surface area contributed by atoms with Crippen molar-refractivity contribution in [2.24, 2.45) is 23.7 Å². The quantitative estimate of drug-likeness (QED) is 0.753. The van der Waals surface area contributed by atoms with Gasteiger partial charge in [-0.3, -0.25) is 4.79 Å². The van der Waals surface area contributed by atoms with E-state index >= 15 is 0 Å². The number of fused-ring (bicyclic) bond motifs is 1. The summed E-state index contributed by atoms with van der Waals surface area (Å²) in [5.41, 5.74) is -0.586. The van der Waals surface area contributed by atoms with E-state index in [4.69, 9.17) is 9.47 Å². The number of carboxylic acids is 1. The van der Waals surface area contributed by atoms with Crippen molar-refractivity contribution in [1.82, 2.24) is 5.32 Å². The first-order valence-corrected chi connectivity index (χ1v) is 7.89. The lowest BCUT2D eigenvalue weighted by Crippen LogP contribution is -2.50. The van der Waals surface area contributed by atoms with Crippen LogP contribution in [0.2, 0.25) is 0 Å². The molecule has 0 radical (unpaired) electrons. The van der Waals surface area contributed by atoms with Gasteiger partial charge in [-0.05, 0) is 58.3 Å². The second kappa shape index (κ2) is 6.07. The molecule has 1 amide bonds.